The van der Waals surface area contributed by atoms with Gasteiger partial charge in [-0.05, 0) is 173 Å². The lowest BCUT2D eigenvalue weighted by atomic mass is 10.1. The van der Waals surface area contributed by atoms with Crippen LogP contribution in [-0.4, -0.2) is 96.7 Å². The van der Waals surface area contributed by atoms with E-state index in [1.807, 2.05) is 18.2 Å². The van der Waals surface area contributed by atoms with E-state index < -0.39 is 97.5 Å². The number of carbonyl (C=O) groups is 4. The Hall–Kier alpha value is -5.84. The van der Waals surface area contributed by atoms with Crippen LogP contribution in [0.1, 0.15) is 323 Å². The first-order valence-corrected chi connectivity index (χ1v) is 46.0. The fourth-order valence-corrected chi connectivity index (χ4v) is 12.4. The molecule has 0 aliphatic rings. The summed E-state index contributed by atoms with van der Waals surface area (Å²) in [6.45, 7) is 4.47. The number of ether oxygens (including phenoxy) is 4. The number of aliphatic hydroxyl groups excluding tert-OH is 1. The smallest absolute Gasteiger partial charge is 0.462 e. The van der Waals surface area contributed by atoms with Crippen molar-refractivity contribution in [2.45, 2.75) is 341 Å². The number of carbonyl (C=O) groups excluding carboxylic acids is 4. The summed E-state index contributed by atoms with van der Waals surface area (Å²) in [7, 11) is -10.0. The van der Waals surface area contributed by atoms with E-state index in [0.717, 1.165) is 199 Å². The highest BCUT2D eigenvalue weighted by atomic mass is 31.2. The third-order valence-corrected chi connectivity index (χ3v) is 19.2. The van der Waals surface area contributed by atoms with Crippen molar-refractivity contribution in [3.63, 3.8) is 0 Å². The van der Waals surface area contributed by atoms with Gasteiger partial charge in [-0.3, -0.25) is 37.3 Å². The molecule has 0 aromatic heterocycles. The molecule has 0 saturated carbocycles. The number of unbranched alkanes of at least 4 members (excludes halogenated alkanes) is 23. The Kier molecular flexibility index (Phi) is 78.8. The van der Waals surface area contributed by atoms with Gasteiger partial charge >= 0.3 is 39.5 Å². The summed E-state index contributed by atoms with van der Waals surface area (Å²) in [6.07, 6.45) is 101. The Morgan fingerprint density at radius 3 is 0.768 bits per heavy atom. The standard InChI is InChI=1S/C93H152O17P2/c1-5-9-13-17-21-25-29-33-37-40-43-46-50-53-57-61-65-69-73-77-90(95)103-83-88(109-92(97)79-75-71-67-63-59-55-49-36-32-28-24-20-16-12-8-4)85-107-111(99,100)105-81-87(94)82-106-112(101,102)108-86-89(110-93(98)80-76-72-68-64-60-56-52-48-45-42-39-35-31-27-23-19-15-11-7-3)84-104-91(96)78-74-70-66-62-58-54-51-47-44-41-38-34-30-26-22-18-14-10-6-2/h9-10,13-14,21-28,33-39,43-49,53,57,65,69,87-89,94H,5-8,11-12,15-20,29-32,40-42,50-52,54-56,58-64,66-68,70-86H2,1-4H3,(H,99,100)(H,101,102)/b13-9-,14-10-,25-21-,26-22-,27-23-,28-24-,37-33-,38-34-,39-35-,46-43-,47-44-,48-45-,49-36-,57-53-,69-65-. The van der Waals surface area contributed by atoms with Gasteiger partial charge < -0.3 is 33.8 Å². The molecule has 0 saturated heterocycles. The average molecular weight is 1600 g/mol. The molecule has 0 bridgehead atoms. The van der Waals surface area contributed by atoms with Gasteiger partial charge in [0.25, 0.3) is 0 Å². The lowest BCUT2D eigenvalue weighted by molar-refractivity contribution is -0.161. The third kappa shape index (κ3) is 82.2. The van der Waals surface area contributed by atoms with Crippen LogP contribution in [0.2, 0.25) is 0 Å². The first kappa shape index (κ1) is 106. The Labute approximate surface area is 679 Å². The number of phosphoric ester groups is 2. The second-order valence-electron chi connectivity index (χ2n) is 28.0. The molecule has 112 heavy (non-hydrogen) atoms. The van der Waals surface area contributed by atoms with Gasteiger partial charge in [0, 0.05) is 25.7 Å². The molecule has 5 unspecified atom stereocenters. The van der Waals surface area contributed by atoms with E-state index in [9.17, 15) is 43.2 Å². The van der Waals surface area contributed by atoms with Gasteiger partial charge in [0.2, 0.25) is 0 Å². The monoisotopic (exact) mass is 1600 g/mol. The highest BCUT2D eigenvalue weighted by Gasteiger charge is 2.30. The number of aliphatic hydroxyl groups is 1. The molecule has 0 rings (SSSR count). The molecule has 0 amide bonds. The maximum absolute atomic E-state index is 13.2. The van der Waals surface area contributed by atoms with Gasteiger partial charge in [0.1, 0.15) is 19.3 Å². The molecule has 0 aromatic rings. The number of hydrogen-bond acceptors (Lipinski definition) is 15. The number of rotatable bonds is 79. The Bertz CT molecular complexity index is 2840. The molecule has 0 aromatic carbocycles. The maximum Gasteiger partial charge on any atom is 0.472 e. The molecule has 0 aliphatic heterocycles. The second-order valence-corrected chi connectivity index (χ2v) is 30.9. The SMILES string of the molecule is CC/C=C\C/C=C\C/C=C\C/C=C\C/C=C\C/C=C\CCC(=O)OCC(COP(=O)(O)OCC(O)COP(=O)(O)OCC(COC(=O)CCCCCCCC/C=C\C/C=C\C/C=C\C/C=C\CC)OC(=O)CCCCCCCC/C=C\C/C=C\C/C=C\CCCCC)OC(=O)CCCCCCC/C=C\C/C=C\CCCCC. The van der Waals surface area contributed by atoms with Crippen LogP contribution in [0, 0.1) is 0 Å². The molecule has 3 N–H and O–H groups in total. The van der Waals surface area contributed by atoms with E-state index in [4.69, 9.17) is 37.0 Å². The molecule has 19 heteroatoms. The molecule has 17 nitrogen and oxygen atoms in total. The predicted octanol–water partition coefficient (Wildman–Crippen LogP) is 25.9. The quantitative estimate of drug-likeness (QED) is 0.0169. The van der Waals surface area contributed by atoms with E-state index in [1.54, 1.807) is 0 Å². The van der Waals surface area contributed by atoms with E-state index >= 15 is 0 Å². The van der Waals surface area contributed by atoms with E-state index in [1.165, 1.54) is 38.5 Å². The van der Waals surface area contributed by atoms with Crippen molar-refractivity contribution >= 4 is 39.5 Å². The lowest BCUT2D eigenvalue weighted by Gasteiger charge is -2.21. The molecule has 0 aliphatic carbocycles. The van der Waals surface area contributed by atoms with Gasteiger partial charge in [-0.2, -0.15) is 0 Å². The van der Waals surface area contributed by atoms with Crippen LogP contribution >= 0.6 is 15.6 Å². The topological polar surface area (TPSA) is 237 Å². The van der Waals surface area contributed by atoms with Crippen LogP contribution in [-0.2, 0) is 65.4 Å². The summed E-state index contributed by atoms with van der Waals surface area (Å²) in [5.41, 5.74) is 0. The van der Waals surface area contributed by atoms with Crippen LogP contribution in [0.3, 0.4) is 0 Å². The first-order valence-electron chi connectivity index (χ1n) is 43.0. The van der Waals surface area contributed by atoms with Gasteiger partial charge in [-0.25, -0.2) is 9.13 Å². The van der Waals surface area contributed by atoms with Crippen molar-refractivity contribution in [3.05, 3.63) is 182 Å². The lowest BCUT2D eigenvalue weighted by Crippen LogP contribution is -2.30. The zero-order chi connectivity index (χ0) is 81.7. The van der Waals surface area contributed by atoms with E-state index in [2.05, 4.69) is 192 Å². The van der Waals surface area contributed by atoms with Crippen LogP contribution in [0.5, 0.6) is 0 Å². The van der Waals surface area contributed by atoms with Gasteiger partial charge in [0.15, 0.2) is 12.2 Å². The molecule has 0 radical (unpaired) electrons. The van der Waals surface area contributed by atoms with Gasteiger partial charge in [-0.1, -0.05) is 306 Å². The maximum atomic E-state index is 13.2. The molecular formula is C93H152O17P2. The summed E-state index contributed by atoms with van der Waals surface area (Å²) in [6, 6.07) is 0. The molecule has 0 heterocycles. The first-order chi connectivity index (χ1) is 54.7. The third-order valence-electron chi connectivity index (χ3n) is 17.3. The number of esters is 4. The van der Waals surface area contributed by atoms with Gasteiger partial charge in [0.05, 0.1) is 26.4 Å². The molecule has 636 valence electrons. The normalized spacial score (nSPS) is 14.7. The van der Waals surface area contributed by atoms with Crippen molar-refractivity contribution in [1.82, 2.24) is 0 Å². The number of allylic oxidation sites excluding steroid dienone is 30. The zero-order valence-corrected chi connectivity index (χ0v) is 71.6. The summed E-state index contributed by atoms with van der Waals surface area (Å²) in [4.78, 5) is 73.3. The fraction of sp³-hybridized carbons (Fsp3) is 0.634. The molecular weight excluding hydrogens is 1450 g/mol. The number of phosphoric acid groups is 2. The molecule has 5 atom stereocenters. The Morgan fingerprint density at radius 1 is 0.259 bits per heavy atom. The highest BCUT2D eigenvalue weighted by molar-refractivity contribution is 7.47. The van der Waals surface area contributed by atoms with Crippen LogP contribution in [0.25, 0.3) is 0 Å². The summed E-state index contributed by atoms with van der Waals surface area (Å²) >= 11 is 0. The molecule has 0 fully saturated rings. The van der Waals surface area contributed by atoms with E-state index in [0.29, 0.717) is 32.1 Å². The minimum absolute atomic E-state index is 0.0270. The predicted molar refractivity (Wildman–Crippen MR) is 463 cm³/mol. The number of hydrogen-bond donors (Lipinski definition) is 3. The summed E-state index contributed by atoms with van der Waals surface area (Å²) in [5, 5.41) is 10.7. The van der Waals surface area contributed by atoms with Crippen molar-refractivity contribution in [2.24, 2.45) is 0 Å². The van der Waals surface area contributed by atoms with E-state index in [-0.39, 0.29) is 25.7 Å². The second kappa shape index (κ2) is 83.1. The molecule has 0 spiro atoms. The minimum Gasteiger partial charge on any atom is -0.462 e. The van der Waals surface area contributed by atoms with Crippen molar-refractivity contribution in [1.29, 1.82) is 0 Å². The fourth-order valence-electron chi connectivity index (χ4n) is 10.9. The van der Waals surface area contributed by atoms with Crippen LogP contribution in [0.4, 0.5) is 0 Å². The minimum atomic E-state index is -5.01. The Balaban J connectivity index is 5.49. The highest BCUT2D eigenvalue weighted by Crippen LogP contribution is 2.45. The van der Waals surface area contributed by atoms with Crippen molar-refractivity contribution in [3.8, 4) is 0 Å². The zero-order valence-electron chi connectivity index (χ0n) is 69.8. The van der Waals surface area contributed by atoms with Crippen molar-refractivity contribution < 1.29 is 80.2 Å². The van der Waals surface area contributed by atoms with Crippen molar-refractivity contribution in [2.75, 3.05) is 39.6 Å². The van der Waals surface area contributed by atoms with Crippen LogP contribution < -0.4 is 0 Å². The largest absolute Gasteiger partial charge is 0.472 e. The Morgan fingerprint density at radius 2 is 0.482 bits per heavy atom. The summed E-state index contributed by atoms with van der Waals surface area (Å²) < 4.78 is 68.7. The van der Waals surface area contributed by atoms with Gasteiger partial charge in [-0.15, -0.1) is 0 Å². The van der Waals surface area contributed by atoms with Crippen LogP contribution in [0.15, 0.2) is 182 Å². The average Bonchev–Trinajstić information content (AvgIpc) is 0.898. The summed E-state index contributed by atoms with van der Waals surface area (Å²) in [5.74, 6) is -2.33.